The molecule has 1 aromatic carbocycles. The first kappa shape index (κ1) is 19.7. The molecule has 0 unspecified atom stereocenters. The zero-order valence-electron chi connectivity index (χ0n) is 18.8. The monoisotopic (exact) mass is 427 g/mol. The van der Waals surface area contributed by atoms with Gasteiger partial charge in [0.15, 0.2) is 11.4 Å². The Morgan fingerprint density at radius 3 is 2.59 bits per heavy atom. The van der Waals surface area contributed by atoms with Crippen LogP contribution in [-0.2, 0) is 11.2 Å². The zero-order chi connectivity index (χ0) is 21.9. The summed E-state index contributed by atoms with van der Waals surface area (Å²) >= 11 is 0. The van der Waals surface area contributed by atoms with Crippen molar-refractivity contribution in [1.82, 2.24) is 19.7 Å². The Morgan fingerprint density at radius 2 is 1.84 bits per heavy atom. The van der Waals surface area contributed by atoms with Gasteiger partial charge in [-0.15, -0.1) is 0 Å². The lowest BCUT2D eigenvalue weighted by molar-refractivity contribution is -0.113. The fourth-order valence-electron chi connectivity index (χ4n) is 5.49. The average Bonchev–Trinajstić information content (AvgIpc) is 3.11. The van der Waals surface area contributed by atoms with Crippen molar-refractivity contribution in [2.45, 2.75) is 39.5 Å². The normalized spacial score (nSPS) is 20.1. The Morgan fingerprint density at radius 1 is 1.03 bits per heavy atom. The number of aromatic nitrogens is 3. The van der Waals surface area contributed by atoms with Crippen molar-refractivity contribution in [1.29, 1.82) is 0 Å². The molecule has 1 N–H and O–H groups in total. The molecule has 2 aliphatic heterocycles. The highest BCUT2D eigenvalue weighted by molar-refractivity contribution is 6.25. The quantitative estimate of drug-likeness (QED) is 0.677. The fraction of sp³-hybridized carbons (Fsp3) is 0.423. The Kier molecular flexibility index (Phi) is 4.47. The minimum atomic E-state index is 0.158. The number of imidazole rings is 1. The highest BCUT2D eigenvalue weighted by Gasteiger charge is 2.39. The van der Waals surface area contributed by atoms with Crippen molar-refractivity contribution in [3.8, 4) is 0 Å². The number of carbonyl (C=O) groups excluding carboxylic acids is 1. The SMILES string of the molecule is Cc1cn2cc(C3=Cc4ccc(N5CCC6(CC5)CNC6)cc4CCC3=O)nc2c(C)n1. The van der Waals surface area contributed by atoms with Gasteiger partial charge in [-0.05, 0) is 67.9 Å². The number of anilines is 1. The standard InChI is InChI=1S/C26H29N5O/c1-17-13-31-14-23(29-25(31)18(2)28-17)22-12-20-3-5-21(11-19(20)4-6-24(22)32)30-9-7-26(8-10-30)15-27-16-26/h3,5,11-14,27H,4,6-10,15-16H2,1-2H3. The third-order valence-corrected chi connectivity index (χ3v) is 7.54. The van der Waals surface area contributed by atoms with Crippen LogP contribution >= 0.6 is 0 Å². The maximum atomic E-state index is 13.1. The number of hydrogen-bond acceptors (Lipinski definition) is 5. The summed E-state index contributed by atoms with van der Waals surface area (Å²) in [7, 11) is 0. The first-order chi connectivity index (χ1) is 15.5. The summed E-state index contributed by atoms with van der Waals surface area (Å²) in [6.07, 6.45) is 9.78. The lowest BCUT2D eigenvalue weighted by Crippen LogP contribution is -2.58. The van der Waals surface area contributed by atoms with Gasteiger partial charge in [0, 0.05) is 56.3 Å². The van der Waals surface area contributed by atoms with E-state index in [1.54, 1.807) is 0 Å². The van der Waals surface area contributed by atoms with E-state index in [2.05, 4.69) is 33.4 Å². The number of carbonyl (C=O) groups is 1. The van der Waals surface area contributed by atoms with Crippen molar-refractivity contribution in [2.24, 2.45) is 5.41 Å². The summed E-state index contributed by atoms with van der Waals surface area (Å²) in [5.74, 6) is 0.158. The Labute approximate surface area is 188 Å². The minimum absolute atomic E-state index is 0.158. The third kappa shape index (κ3) is 3.25. The van der Waals surface area contributed by atoms with Crippen LogP contribution in [0.3, 0.4) is 0 Å². The van der Waals surface area contributed by atoms with Crippen LogP contribution in [0.2, 0.25) is 0 Å². The number of rotatable bonds is 2. The lowest BCUT2D eigenvalue weighted by Gasteiger charge is -2.49. The summed E-state index contributed by atoms with van der Waals surface area (Å²) < 4.78 is 1.98. The molecule has 0 bridgehead atoms. The summed E-state index contributed by atoms with van der Waals surface area (Å²) in [4.78, 5) is 24.8. The second kappa shape index (κ2) is 7.27. The zero-order valence-corrected chi connectivity index (χ0v) is 18.8. The molecule has 3 aromatic rings. The number of piperidine rings is 1. The van der Waals surface area contributed by atoms with Crippen molar-refractivity contribution in [3.63, 3.8) is 0 Å². The number of benzene rings is 1. The van der Waals surface area contributed by atoms with Gasteiger partial charge < -0.3 is 14.6 Å². The summed E-state index contributed by atoms with van der Waals surface area (Å²) in [6, 6.07) is 6.71. The molecule has 6 nitrogen and oxygen atoms in total. The molecule has 1 aliphatic carbocycles. The third-order valence-electron chi connectivity index (χ3n) is 7.54. The Bertz CT molecular complexity index is 1260. The molecule has 2 saturated heterocycles. The molecule has 6 rings (SSSR count). The van der Waals surface area contributed by atoms with E-state index in [-0.39, 0.29) is 5.78 Å². The highest BCUT2D eigenvalue weighted by atomic mass is 16.1. The first-order valence-electron chi connectivity index (χ1n) is 11.7. The van der Waals surface area contributed by atoms with E-state index in [0.29, 0.717) is 17.4 Å². The number of Topliss-reactive ketones (excluding diaryl/α,β-unsaturated/α-hetero) is 1. The smallest absolute Gasteiger partial charge is 0.165 e. The topological polar surface area (TPSA) is 62.5 Å². The maximum Gasteiger partial charge on any atom is 0.165 e. The molecule has 0 saturated carbocycles. The van der Waals surface area contributed by atoms with Gasteiger partial charge in [0.25, 0.3) is 0 Å². The Hall–Kier alpha value is -2.99. The average molecular weight is 428 g/mol. The van der Waals surface area contributed by atoms with Crippen LogP contribution in [0.4, 0.5) is 5.69 Å². The Balaban J connectivity index is 1.32. The van der Waals surface area contributed by atoms with Crippen LogP contribution in [0.25, 0.3) is 17.3 Å². The highest BCUT2D eigenvalue weighted by Crippen LogP contribution is 2.37. The van der Waals surface area contributed by atoms with Gasteiger partial charge in [-0.1, -0.05) is 6.07 Å². The molecule has 1 spiro atoms. The number of ketones is 1. The molecule has 0 atom stereocenters. The van der Waals surface area contributed by atoms with Crippen LogP contribution in [-0.4, -0.2) is 46.3 Å². The fourth-order valence-corrected chi connectivity index (χ4v) is 5.49. The second-order valence-electron chi connectivity index (χ2n) is 9.78. The number of nitrogens with one attached hydrogen (secondary N) is 1. The summed E-state index contributed by atoms with van der Waals surface area (Å²) in [5, 5.41) is 3.44. The van der Waals surface area contributed by atoms with E-state index in [1.807, 2.05) is 36.7 Å². The maximum absolute atomic E-state index is 13.1. The summed E-state index contributed by atoms with van der Waals surface area (Å²) in [5.41, 5.74) is 8.30. The van der Waals surface area contributed by atoms with Gasteiger partial charge in [-0.25, -0.2) is 4.98 Å². The lowest BCUT2D eigenvalue weighted by atomic mass is 9.73. The summed E-state index contributed by atoms with van der Waals surface area (Å²) in [6.45, 7) is 8.53. The van der Waals surface area contributed by atoms with Gasteiger partial charge in [0.2, 0.25) is 0 Å². The van der Waals surface area contributed by atoms with Gasteiger partial charge in [-0.2, -0.15) is 0 Å². The van der Waals surface area contributed by atoms with Crippen LogP contribution < -0.4 is 10.2 Å². The predicted octanol–water partition coefficient (Wildman–Crippen LogP) is 3.59. The van der Waals surface area contributed by atoms with Crippen LogP contribution in [0.15, 0.2) is 30.6 Å². The van der Waals surface area contributed by atoms with Gasteiger partial charge in [-0.3, -0.25) is 9.78 Å². The van der Waals surface area contributed by atoms with Crippen molar-refractivity contribution in [3.05, 3.63) is 58.8 Å². The largest absolute Gasteiger partial charge is 0.371 e. The molecule has 0 radical (unpaired) electrons. The van der Waals surface area contributed by atoms with Crippen molar-refractivity contribution < 1.29 is 4.79 Å². The molecule has 2 aromatic heterocycles. The molecule has 0 amide bonds. The van der Waals surface area contributed by atoms with E-state index in [9.17, 15) is 4.79 Å². The van der Waals surface area contributed by atoms with E-state index < -0.39 is 0 Å². The van der Waals surface area contributed by atoms with Crippen LogP contribution in [0, 0.1) is 19.3 Å². The van der Waals surface area contributed by atoms with E-state index >= 15 is 0 Å². The van der Waals surface area contributed by atoms with Crippen molar-refractivity contribution >= 4 is 28.8 Å². The number of allylic oxidation sites excluding steroid dienone is 1. The van der Waals surface area contributed by atoms with E-state index in [4.69, 9.17) is 4.98 Å². The molecule has 4 heterocycles. The first-order valence-corrected chi connectivity index (χ1v) is 11.7. The molecule has 32 heavy (non-hydrogen) atoms. The van der Waals surface area contributed by atoms with E-state index in [0.717, 1.165) is 47.8 Å². The number of nitrogens with zero attached hydrogens (tertiary/aromatic N) is 4. The van der Waals surface area contributed by atoms with Crippen LogP contribution in [0.5, 0.6) is 0 Å². The molecule has 164 valence electrons. The molecule has 2 fully saturated rings. The second-order valence-corrected chi connectivity index (χ2v) is 9.78. The molecular formula is C26H29N5O. The van der Waals surface area contributed by atoms with Gasteiger partial charge in [0.05, 0.1) is 17.1 Å². The van der Waals surface area contributed by atoms with Crippen LogP contribution in [0.1, 0.15) is 47.5 Å². The predicted molar refractivity (Wildman–Crippen MR) is 127 cm³/mol. The molecule has 6 heteroatoms. The molecular weight excluding hydrogens is 398 g/mol. The van der Waals surface area contributed by atoms with E-state index in [1.165, 1.54) is 37.2 Å². The number of hydrogen-bond donors (Lipinski definition) is 1. The number of fused-ring (bicyclic) bond motifs is 2. The number of aryl methyl sites for hydroxylation is 3. The molecule has 3 aliphatic rings. The van der Waals surface area contributed by atoms with Gasteiger partial charge >= 0.3 is 0 Å². The minimum Gasteiger partial charge on any atom is -0.371 e. The van der Waals surface area contributed by atoms with Gasteiger partial charge in [0.1, 0.15) is 0 Å². The van der Waals surface area contributed by atoms with Crippen molar-refractivity contribution in [2.75, 3.05) is 31.1 Å².